The maximum atomic E-state index is 12.3. The van der Waals surface area contributed by atoms with Gasteiger partial charge in [0.2, 0.25) is 0 Å². The summed E-state index contributed by atoms with van der Waals surface area (Å²) in [6.45, 7) is 1.59. The summed E-state index contributed by atoms with van der Waals surface area (Å²) in [7, 11) is 0. The molecule has 2 aromatic carbocycles. The molecule has 0 saturated carbocycles. The summed E-state index contributed by atoms with van der Waals surface area (Å²) in [6, 6.07) is 13.0. The number of rotatable bonds is 2. The van der Waals surface area contributed by atoms with E-state index in [-0.39, 0.29) is 35.3 Å². The van der Waals surface area contributed by atoms with Crippen LogP contribution in [-0.2, 0) is 11.2 Å². The van der Waals surface area contributed by atoms with Crippen molar-refractivity contribution in [3.8, 4) is 0 Å². The average Bonchev–Trinajstić information content (AvgIpc) is 2.61. The van der Waals surface area contributed by atoms with Gasteiger partial charge in [-0.15, -0.1) is 0 Å². The fourth-order valence-corrected chi connectivity index (χ4v) is 3.49. The Labute approximate surface area is 155 Å². The summed E-state index contributed by atoms with van der Waals surface area (Å²) in [5, 5.41) is 11.0. The molecular formula is C17H13NaO3S. The first-order valence-corrected chi connectivity index (χ1v) is 7.51. The quantitative estimate of drug-likeness (QED) is 0.696. The Morgan fingerprint density at radius 1 is 1.18 bits per heavy atom. The van der Waals surface area contributed by atoms with Crippen LogP contribution in [0.3, 0.4) is 0 Å². The number of benzene rings is 2. The van der Waals surface area contributed by atoms with E-state index in [9.17, 15) is 14.7 Å². The van der Waals surface area contributed by atoms with E-state index in [0.29, 0.717) is 12.0 Å². The number of fused-ring (bicyclic) bond motifs is 2. The number of carboxylic acids is 1. The number of carbonyl (C=O) groups excluding carboxylic acids is 2. The van der Waals surface area contributed by atoms with Gasteiger partial charge in [0.25, 0.3) is 0 Å². The van der Waals surface area contributed by atoms with Crippen molar-refractivity contribution in [2.45, 2.75) is 29.1 Å². The van der Waals surface area contributed by atoms with Crippen molar-refractivity contribution in [2.24, 2.45) is 0 Å². The van der Waals surface area contributed by atoms with Crippen molar-refractivity contribution in [3.05, 3.63) is 59.2 Å². The van der Waals surface area contributed by atoms with E-state index < -0.39 is 11.9 Å². The maximum absolute atomic E-state index is 12.3. The van der Waals surface area contributed by atoms with Gasteiger partial charge in [-0.05, 0) is 23.3 Å². The third-order valence-corrected chi connectivity index (χ3v) is 4.89. The van der Waals surface area contributed by atoms with Crippen LogP contribution in [0.4, 0.5) is 0 Å². The monoisotopic (exact) mass is 320 g/mol. The molecule has 1 heterocycles. The van der Waals surface area contributed by atoms with E-state index in [1.165, 1.54) is 0 Å². The van der Waals surface area contributed by atoms with Crippen molar-refractivity contribution in [1.82, 2.24) is 0 Å². The van der Waals surface area contributed by atoms with E-state index >= 15 is 0 Å². The summed E-state index contributed by atoms with van der Waals surface area (Å²) in [6.07, 6.45) is 0.299. The smallest absolute Gasteiger partial charge is 0.550 e. The molecule has 0 saturated heterocycles. The molecule has 0 bridgehead atoms. The molecule has 3 nitrogen and oxygen atoms in total. The zero-order valence-corrected chi connectivity index (χ0v) is 15.3. The molecule has 0 spiro atoms. The second-order valence-electron chi connectivity index (χ2n) is 5.11. The number of aliphatic carboxylic acids is 1. The van der Waals surface area contributed by atoms with Gasteiger partial charge in [-0.25, -0.2) is 0 Å². The number of carboxylic acid groups (broad SMARTS) is 1. The number of Topliss-reactive ketones (excluding diaryl/α,β-unsaturated/α-hetero) is 1. The van der Waals surface area contributed by atoms with E-state index in [0.717, 1.165) is 20.9 Å². The summed E-state index contributed by atoms with van der Waals surface area (Å²) < 4.78 is 0. The SMILES string of the molecule is C[C@@H](C(=O)[O-])c1ccc2c(c1)CC(=O)c1ccccc1S2.[Na+]. The Hall–Kier alpha value is -1.07. The van der Waals surface area contributed by atoms with Crippen molar-refractivity contribution in [3.63, 3.8) is 0 Å². The van der Waals surface area contributed by atoms with Crippen LogP contribution in [0.1, 0.15) is 34.3 Å². The van der Waals surface area contributed by atoms with Crippen molar-refractivity contribution < 1.29 is 44.3 Å². The molecule has 1 aliphatic rings. The summed E-state index contributed by atoms with van der Waals surface area (Å²) in [4.78, 5) is 25.3. The molecule has 0 unspecified atom stereocenters. The van der Waals surface area contributed by atoms with Crippen molar-refractivity contribution in [2.75, 3.05) is 0 Å². The van der Waals surface area contributed by atoms with Crippen LogP contribution in [0, 0.1) is 0 Å². The van der Waals surface area contributed by atoms with Gasteiger partial charge in [0, 0.05) is 33.7 Å². The zero-order chi connectivity index (χ0) is 15.0. The molecule has 5 heteroatoms. The number of ketones is 1. The fourth-order valence-electron chi connectivity index (χ4n) is 2.42. The van der Waals surface area contributed by atoms with Gasteiger partial charge in [0.15, 0.2) is 5.78 Å². The van der Waals surface area contributed by atoms with E-state index in [1.807, 2.05) is 36.4 Å². The van der Waals surface area contributed by atoms with Gasteiger partial charge < -0.3 is 9.90 Å². The van der Waals surface area contributed by atoms with Crippen molar-refractivity contribution in [1.29, 1.82) is 0 Å². The van der Waals surface area contributed by atoms with E-state index in [4.69, 9.17) is 0 Å². The van der Waals surface area contributed by atoms with Crippen LogP contribution in [0.25, 0.3) is 0 Å². The third kappa shape index (κ3) is 3.30. The Morgan fingerprint density at radius 3 is 2.64 bits per heavy atom. The van der Waals surface area contributed by atoms with Gasteiger partial charge in [-0.1, -0.05) is 49.0 Å². The second-order valence-corrected chi connectivity index (χ2v) is 6.19. The van der Waals surface area contributed by atoms with Crippen LogP contribution < -0.4 is 34.7 Å². The second kappa shape index (κ2) is 7.01. The molecule has 0 amide bonds. The van der Waals surface area contributed by atoms with Gasteiger partial charge in [-0.2, -0.15) is 0 Å². The Morgan fingerprint density at radius 2 is 1.91 bits per heavy atom. The number of hydrogen-bond acceptors (Lipinski definition) is 4. The summed E-state index contributed by atoms with van der Waals surface area (Å²) in [5.74, 6) is -1.72. The molecule has 0 aliphatic carbocycles. The molecule has 22 heavy (non-hydrogen) atoms. The van der Waals surface area contributed by atoms with Gasteiger partial charge in [0.1, 0.15) is 0 Å². The minimum Gasteiger partial charge on any atom is -0.550 e. The average molecular weight is 320 g/mol. The van der Waals surface area contributed by atoms with Crippen LogP contribution in [0.2, 0.25) is 0 Å². The molecular weight excluding hydrogens is 307 g/mol. The minimum absolute atomic E-state index is 0. The van der Waals surface area contributed by atoms with Gasteiger partial charge in [-0.3, -0.25) is 4.79 Å². The first-order valence-electron chi connectivity index (χ1n) is 6.70. The van der Waals surface area contributed by atoms with Crippen LogP contribution in [-0.4, -0.2) is 11.8 Å². The number of hydrogen-bond donors (Lipinski definition) is 0. The standard InChI is InChI=1S/C17H14O3S.Na/c1-10(17(19)20)11-6-7-15-12(8-11)9-14(18)13-4-2-3-5-16(13)21-15;/h2-8,10H,9H2,1H3,(H,19,20);/q;+1/p-1/t10-;/m1./s1. The van der Waals surface area contributed by atoms with E-state index in [1.54, 1.807) is 24.8 Å². The largest absolute Gasteiger partial charge is 1.00 e. The number of carbonyl (C=O) groups is 2. The topological polar surface area (TPSA) is 57.2 Å². The molecule has 1 aliphatic heterocycles. The van der Waals surface area contributed by atoms with E-state index in [2.05, 4.69) is 0 Å². The third-order valence-electron chi connectivity index (χ3n) is 3.70. The molecule has 3 rings (SSSR count). The molecule has 106 valence electrons. The summed E-state index contributed by atoms with van der Waals surface area (Å²) in [5.41, 5.74) is 2.29. The maximum Gasteiger partial charge on any atom is 1.00 e. The Bertz CT molecular complexity index is 742. The minimum atomic E-state index is -1.11. The van der Waals surface area contributed by atoms with Gasteiger partial charge >= 0.3 is 29.6 Å². The van der Waals surface area contributed by atoms with Crippen LogP contribution >= 0.6 is 11.8 Å². The van der Waals surface area contributed by atoms with Gasteiger partial charge in [0.05, 0.1) is 0 Å². The predicted octanol–water partition coefficient (Wildman–Crippen LogP) is -0.566. The normalized spacial score (nSPS) is 14.1. The predicted molar refractivity (Wildman–Crippen MR) is 78.5 cm³/mol. The molecule has 0 N–H and O–H groups in total. The Kier molecular flexibility index (Phi) is 5.50. The molecule has 0 radical (unpaired) electrons. The molecule has 1 atom stereocenters. The molecule has 0 aromatic heterocycles. The molecule has 2 aromatic rings. The van der Waals surface area contributed by atoms with Crippen LogP contribution in [0.5, 0.6) is 0 Å². The zero-order valence-electron chi connectivity index (χ0n) is 12.5. The first kappa shape index (κ1) is 17.3. The van der Waals surface area contributed by atoms with Crippen LogP contribution in [0.15, 0.2) is 52.3 Å². The summed E-state index contributed by atoms with van der Waals surface area (Å²) >= 11 is 1.55. The Balaban J connectivity index is 0.00000176. The molecule has 0 fully saturated rings. The van der Waals surface area contributed by atoms with Crippen molar-refractivity contribution >= 4 is 23.5 Å². The fraction of sp³-hybridized carbons (Fsp3) is 0.176. The first-order chi connectivity index (χ1) is 10.1.